The summed E-state index contributed by atoms with van der Waals surface area (Å²) in [6.07, 6.45) is 0. The Morgan fingerprint density at radius 3 is 2.39 bits per heavy atom. The lowest BCUT2D eigenvalue weighted by Crippen LogP contribution is -2.08. The monoisotopic (exact) mass is 413 g/mol. The van der Waals surface area contributed by atoms with Gasteiger partial charge in [0.05, 0.1) is 22.3 Å². The molecule has 0 spiro atoms. The second-order valence-electron chi connectivity index (χ2n) is 8.02. The Bertz CT molecular complexity index is 1430. The first-order valence-corrected chi connectivity index (χ1v) is 10.1. The molecule has 3 aromatic heterocycles. The maximum absolute atomic E-state index is 10.9. The van der Waals surface area contributed by atoms with Crippen LogP contribution in [0.4, 0.5) is 5.69 Å². The zero-order valence-corrected chi connectivity index (χ0v) is 18.1. The first-order valence-electron chi connectivity index (χ1n) is 10.1. The van der Waals surface area contributed by atoms with E-state index in [0.717, 1.165) is 50.1 Å². The fraction of sp³-hybridized carbons (Fsp3) is 0.208. The number of benzene rings is 2. The fourth-order valence-electron chi connectivity index (χ4n) is 4.14. The minimum absolute atomic E-state index is 0.164. The average molecular weight is 413 g/mol. The molecule has 2 aromatic carbocycles. The third-order valence-corrected chi connectivity index (χ3v) is 5.64. The van der Waals surface area contributed by atoms with E-state index in [1.54, 1.807) is 6.07 Å². The largest absolute Gasteiger partial charge is 0.507 e. The van der Waals surface area contributed by atoms with Gasteiger partial charge in [-0.25, -0.2) is 9.97 Å². The van der Waals surface area contributed by atoms with Gasteiger partial charge >= 0.3 is 0 Å². The highest BCUT2D eigenvalue weighted by atomic mass is 16.5. The van der Waals surface area contributed by atoms with Gasteiger partial charge in [-0.1, -0.05) is 17.3 Å². The lowest BCUT2D eigenvalue weighted by atomic mass is 10.00. The third-order valence-electron chi connectivity index (χ3n) is 5.64. The number of nitrogens with one attached hydrogen (secondary N) is 1. The molecule has 0 radical (unpaired) electrons. The first kappa shape index (κ1) is 19.1. The minimum Gasteiger partial charge on any atom is -0.507 e. The average Bonchev–Trinajstić information content (AvgIpc) is 3.25. The first-order chi connectivity index (χ1) is 14.8. The van der Waals surface area contributed by atoms with Gasteiger partial charge in [0.2, 0.25) is 0 Å². The van der Waals surface area contributed by atoms with E-state index in [2.05, 4.69) is 44.3 Å². The summed E-state index contributed by atoms with van der Waals surface area (Å²) >= 11 is 0. The van der Waals surface area contributed by atoms with Gasteiger partial charge in [0, 0.05) is 41.8 Å². The van der Waals surface area contributed by atoms with Crippen LogP contribution in [0.25, 0.3) is 44.3 Å². The van der Waals surface area contributed by atoms with Crippen LogP contribution < -0.4 is 4.90 Å². The lowest BCUT2D eigenvalue weighted by molar-refractivity contribution is 0.393. The molecule has 0 aliphatic heterocycles. The van der Waals surface area contributed by atoms with E-state index in [9.17, 15) is 5.11 Å². The van der Waals surface area contributed by atoms with E-state index in [1.165, 1.54) is 0 Å². The van der Waals surface area contributed by atoms with Crippen LogP contribution in [0.15, 0.2) is 40.9 Å². The highest BCUT2D eigenvalue weighted by Gasteiger charge is 2.20. The normalized spacial score (nSPS) is 11.5. The number of aryl methyl sites for hydroxylation is 3. The Morgan fingerprint density at radius 1 is 1.00 bits per heavy atom. The van der Waals surface area contributed by atoms with Crippen molar-refractivity contribution in [3.8, 4) is 28.1 Å². The third kappa shape index (κ3) is 3.01. The van der Waals surface area contributed by atoms with Gasteiger partial charge in [-0.3, -0.25) is 0 Å². The molecule has 0 amide bonds. The number of nitrogens with zero attached hydrogens (tertiary/aromatic N) is 4. The van der Waals surface area contributed by atoms with Gasteiger partial charge < -0.3 is 19.5 Å². The van der Waals surface area contributed by atoms with Crippen LogP contribution in [0, 0.1) is 20.8 Å². The van der Waals surface area contributed by atoms with Crippen LogP contribution in [0.1, 0.15) is 17.3 Å². The van der Waals surface area contributed by atoms with Crippen molar-refractivity contribution in [3.05, 3.63) is 53.7 Å². The number of hydrogen-bond donors (Lipinski definition) is 2. The number of anilines is 1. The van der Waals surface area contributed by atoms with E-state index < -0.39 is 0 Å². The maximum atomic E-state index is 10.9. The smallest absolute Gasteiger partial charge is 0.142 e. The quantitative estimate of drug-likeness (QED) is 0.426. The maximum Gasteiger partial charge on any atom is 0.142 e. The number of aromatic nitrogens is 4. The number of aromatic hydroxyl groups is 1. The Hall–Kier alpha value is -3.87. The predicted molar refractivity (Wildman–Crippen MR) is 123 cm³/mol. The molecular formula is C24H23N5O2. The number of phenols is 1. The molecule has 2 N–H and O–H groups in total. The number of aromatic amines is 1. The molecule has 0 fully saturated rings. The van der Waals surface area contributed by atoms with Crippen molar-refractivity contribution in [2.75, 3.05) is 19.0 Å². The standard InChI is InChI=1S/C24H23N5O2/c1-12-21(13(2)31-28-12)18-10-19-17(11-20(18)30)22-23(25-14(3)26-24(22)27-19)15-6-8-16(9-7-15)29(4)5/h6-11,30H,1-5H3,(H,25,26,27). The molecule has 7 heteroatoms. The highest BCUT2D eigenvalue weighted by molar-refractivity contribution is 6.13. The van der Waals surface area contributed by atoms with E-state index in [1.807, 2.05) is 40.9 Å². The molecule has 7 nitrogen and oxygen atoms in total. The van der Waals surface area contributed by atoms with Crippen molar-refractivity contribution in [2.45, 2.75) is 20.8 Å². The zero-order valence-electron chi connectivity index (χ0n) is 18.1. The molecule has 0 atom stereocenters. The molecule has 0 unspecified atom stereocenters. The zero-order chi connectivity index (χ0) is 21.9. The Morgan fingerprint density at radius 2 is 1.74 bits per heavy atom. The summed E-state index contributed by atoms with van der Waals surface area (Å²) in [5, 5.41) is 16.7. The molecule has 0 aliphatic rings. The highest BCUT2D eigenvalue weighted by Crippen LogP contribution is 2.40. The molecule has 0 saturated carbocycles. The van der Waals surface area contributed by atoms with Crippen molar-refractivity contribution in [3.63, 3.8) is 0 Å². The molecule has 5 rings (SSSR count). The van der Waals surface area contributed by atoms with Crippen molar-refractivity contribution in [1.82, 2.24) is 20.1 Å². The van der Waals surface area contributed by atoms with Gasteiger partial charge in [-0.2, -0.15) is 0 Å². The molecule has 5 aromatic rings. The number of hydrogen-bond acceptors (Lipinski definition) is 6. The van der Waals surface area contributed by atoms with Crippen molar-refractivity contribution in [2.24, 2.45) is 0 Å². The number of rotatable bonds is 3. The van der Waals surface area contributed by atoms with Gasteiger partial charge in [-0.15, -0.1) is 0 Å². The predicted octanol–water partition coefficient (Wildman–Crippen LogP) is 5.13. The van der Waals surface area contributed by atoms with Gasteiger partial charge in [0.25, 0.3) is 0 Å². The topological polar surface area (TPSA) is 91.1 Å². The minimum atomic E-state index is 0.164. The van der Waals surface area contributed by atoms with Crippen LogP contribution in [0.2, 0.25) is 0 Å². The van der Waals surface area contributed by atoms with Crippen molar-refractivity contribution >= 4 is 27.6 Å². The van der Waals surface area contributed by atoms with E-state index in [4.69, 9.17) is 9.51 Å². The Labute approximate surface area is 179 Å². The molecule has 0 aliphatic carbocycles. The van der Waals surface area contributed by atoms with Crippen molar-refractivity contribution < 1.29 is 9.63 Å². The fourth-order valence-corrected chi connectivity index (χ4v) is 4.14. The summed E-state index contributed by atoms with van der Waals surface area (Å²) in [5.74, 6) is 1.51. The molecule has 156 valence electrons. The Kier molecular flexibility index (Phi) is 4.22. The molecule has 0 bridgehead atoms. The van der Waals surface area contributed by atoms with E-state index in [-0.39, 0.29) is 5.75 Å². The summed E-state index contributed by atoms with van der Waals surface area (Å²) in [4.78, 5) is 14.8. The molecular weight excluding hydrogens is 390 g/mol. The number of H-pyrrole nitrogens is 1. The summed E-state index contributed by atoms with van der Waals surface area (Å²) in [6.45, 7) is 5.59. The summed E-state index contributed by atoms with van der Waals surface area (Å²) < 4.78 is 5.30. The summed E-state index contributed by atoms with van der Waals surface area (Å²) in [7, 11) is 4.03. The summed E-state index contributed by atoms with van der Waals surface area (Å²) in [6, 6.07) is 12.0. The molecule has 3 heterocycles. The molecule has 31 heavy (non-hydrogen) atoms. The second-order valence-corrected chi connectivity index (χ2v) is 8.02. The molecule has 0 saturated heterocycles. The van der Waals surface area contributed by atoms with Crippen molar-refractivity contribution in [1.29, 1.82) is 0 Å². The van der Waals surface area contributed by atoms with Crippen LogP contribution >= 0.6 is 0 Å². The van der Waals surface area contributed by atoms with Crippen LogP contribution in [0.3, 0.4) is 0 Å². The number of phenolic OH excluding ortho intramolecular Hbond substituents is 1. The lowest BCUT2D eigenvalue weighted by Gasteiger charge is -2.13. The van der Waals surface area contributed by atoms with Gasteiger partial charge in [-0.05, 0) is 45.0 Å². The van der Waals surface area contributed by atoms with Crippen LogP contribution in [0.5, 0.6) is 5.75 Å². The van der Waals surface area contributed by atoms with E-state index >= 15 is 0 Å². The van der Waals surface area contributed by atoms with Crippen LogP contribution in [-0.4, -0.2) is 39.3 Å². The van der Waals surface area contributed by atoms with Gasteiger partial charge in [0.15, 0.2) is 0 Å². The number of fused-ring (bicyclic) bond motifs is 3. The summed E-state index contributed by atoms with van der Waals surface area (Å²) in [5.41, 5.74) is 6.78. The van der Waals surface area contributed by atoms with Crippen LogP contribution in [-0.2, 0) is 0 Å². The van der Waals surface area contributed by atoms with E-state index in [0.29, 0.717) is 17.1 Å². The van der Waals surface area contributed by atoms with Gasteiger partial charge in [0.1, 0.15) is 23.0 Å². The second kappa shape index (κ2) is 6.84. The SMILES string of the molecule is Cc1nc(-c2ccc(N(C)C)cc2)c2c(n1)[nH]c1cc(-c3c(C)noc3C)c(O)cc12. The Balaban J connectivity index is 1.77.